The summed E-state index contributed by atoms with van der Waals surface area (Å²) in [4.78, 5) is 4.30. The van der Waals surface area contributed by atoms with Gasteiger partial charge in [0.2, 0.25) is 0 Å². The summed E-state index contributed by atoms with van der Waals surface area (Å²) in [6.07, 6.45) is 2.60. The summed E-state index contributed by atoms with van der Waals surface area (Å²) >= 11 is 1.62. The fraction of sp³-hybridized carbons (Fsp3) is 0.308. The third-order valence-electron chi connectivity index (χ3n) is 3.03. The number of nitrogens with zero attached hydrogens (tertiary/aromatic N) is 1. The van der Waals surface area contributed by atoms with Crippen LogP contribution in [0.1, 0.15) is 34.7 Å². The summed E-state index contributed by atoms with van der Waals surface area (Å²) in [6.45, 7) is 2.07. The molecule has 2 heterocycles. The van der Waals surface area contributed by atoms with Crippen molar-refractivity contribution in [3.05, 3.63) is 45.9 Å². The van der Waals surface area contributed by atoms with Crippen molar-refractivity contribution in [1.29, 1.82) is 0 Å². The minimum atomic E-state index is 0.000191. The Morgan fingerprint density at radius 2 is 2.35 bits per heavy atom. The molecule has 1 aromatic carbocycles. The normalized spacial score (nSPS) is 22.9. The van der Waals surface area contributed by atoms with Gasteiger partial charge in [0, 0.05) is 29.6 Å². The molecule has 0 bridgehead atoms. The van der Waals surface area contributed by atoms with Crippen LogP contribution in [0.15, 0.2) is 29.8 Å². The van der Waals surface area contributed by atoms with Crippen molar-refractivity contribution in [3.8, 4) is 5.75 Å². The Kier molecular flexibility index (Phi) is 2.61. The van der Waals surface area contributed by atoms with E-state index in [1.165, 1.54) is 5.56 Å². The molecule has 0 amide bonds. The monoisotopic (exact) mass is 246 g/mol. The van der Waals surface area contributed by atoms with Crippen LogP contribution in [-0.2, 0) is 0 Å². The van der Waals surface area contributed by atoms with Crippen molar-refractivity contribution in [2.75, 3.05) is 0 Å². The zero-order valence-corrected chi connectivity index (χ0v) is 10.4. The van der Waals surface area contributed by atoms with Crippen LogP contribution < -0.4 is 10.5 Å². The van der Waals surface area contributed by atoms with Crippen LogP contribution in [0.4, 0.5) is 0 Å². The Labute approximate surface area is 104 Å². The average Bonchev–Trinajstić information content (AvgIpc) is 2.83. The number of aryl methyl sites for hydroxylation is 1. The quantitative estimate of drug-likeness (QED) is 0.841. The Hall–Kier alpha value is -1.39. The topological polar surface area (TPSA) is 48.1 Å². The maximum Gasteiger partial charge on any atom is 0.152 e. The lowest BCUT2D eigenvalue weighted by Crippen LogP contribution is -2.24. The first-order valence-electron chi connectivity index (χ1n) is 5.66. The first kappa shape index (κ1) is 10.7. The van der Waals surface area contributed by atoms with Crippen molar-refractivity contribution in [3.63, 3.8) is 0 Å². The van der Waals surface area contributed by atoms with Crippen LogP contribution in [0.25, 0.3) is 0 Å². The van der Waals surface area contributed by atoms with Gasteiger partial charge >= 0.3 is 0 Å². The summed E-state index contributed by atoms with van der Waals surface area (Å²) in [5.74, 6) is 0.898. The number of benzene rings is 1. The van der Waals surface area contributed by atoms with E-state index in [2.05, 4.69) is 24.0 Å². The molecule has 3 nitrogen and oxygen atoms in total. The average molecular weight is 246 g/mol. The molecule has 0 fully saturated rings. The molecular weight excluding hydrogens is 232 g/mol. The largest absolute Gasteiger partial charge is 0.483 e. The number of thiazole rings is 1. The molecule has 3 rings (SSSR count). The van der Waals surface area contributed by atoms with E-state index in [4.69, 9.17) is 10.5 Å². The molecule has 0 radical (unpaired) electrons. The summed E-state index contributed by atoms with van der Waals surface area (Å²) < 4.78 is 5.97. The van der Waals surface area contributed by atoms with E-state index in [1.54, 1.807) is 17.5 Å². The highest BCUT2D eigenvalue weighted by Gasteiger charge is 2.28. The smallest absolute Gasteiger partial charge is 0.152 e. The van der Waals surface area contributed by atoms with Gasteiger partial charge in [0.15, 0.2) is 6.10 Å². The summed E-state index contributed by atoms with van der Waals surface area (Å²) in [5, 5.41) is 2.97. The highest BCUT2D eigenvalue weighted by atomic mass is 32.1. The molecule has 88 valence electrons. The van der Waals surface area contributed by atoms with Gasteiger partial charge in [-0.15, -0.1) is 11.3 Å². The maximum absolute atomic E-state index is 6.21. The zero-order valence-electron chi connectivity index (χ0n) is 9.59. The molecular formula is C13H14N2OS. The third kappa shape index (κ3) is 1.94. The SMILES string of the molecule is Cc1ccc2c(c1)[C@@H](N)CC(c1nccs1)O2. The second kappa shape index (κ2) is 4.13. The lowest BCUT2D eigenvalue weighted by Gasteiger charge is -2.29. The molecule has 1 aliphatic heterocycles. The van der Waals surface area contributed by atoms with Crippen LogP contribution in [0, 0.1) is 6.92 Å². The third-order valence-corrected chi connectivity index (χ3v) is 3.90. The molecule has 1 unspecified atom stereocenters. The Balaban J connectivity index is 1.96. The molecule has 1 aromatic heterocycles. The zero-order chi connectivity index (χ0) is 11.8. The van der Waals surface area contributed by atoms with Crippen LogP contribution in [0.5, 0.6) is 5.75 Å². The van der Waals surface area contributed by atoms with Crippen molar-refractivity contribution in [1.82, 2.24) is 4.98 Å². The number of rotatable bonds is 1. The van der Waals surface area contributed by atoms with Gasteiger partial charge in [-0.3, -0.25) is 0 Å². The first-order valence-corrected chi connectivity index (χ1v) is 6.54. The Morgan fingerprint density at radius 3 is 3.12 bits per heavy atom. The van der Waals surface area contributed by atoms with E-state index < -0.39 is 0 Å². The molecule has 0 saturated carbocycles. The lowest BCUT2D eigenvalue weighted by atomic mass is 9.96. The lowest BCUT2D eigenvalue weighted by molar-refractivity contribution is 0.161. The second-order valence-corrected chi connectivity index (χ2v) is 5.29. The molecule has 2 aromatic rings. The minimum absolute atomic E-state index is 0.000191. The number of aromatic nitrogens is 1. The van der Waals surface area contributed by atoms with Gasteiger partial charge in [-0.2, -0.15) is 0 Å². The number of nitrogens with two attached hydrogens (primary N) is 1. The molecule has 2 N–H and O–H groups in total. The van der Waals surface area contributed by atoms with Gasteiger partial charge in [0.05, 0.1) is 0 Å². The van der Waals surface area contributed by atoms with E-state index in [0.29, 0.717) is 0 Å². The van der Waals surface area contributed by atoms with Crippen LogP contribution in [0.3, 0.4) is 0 Å². The molecule has 0 saturated heterocycles. The van der Waals surface area contributed by atoms with Crippen molar-refractivity contribution >= 4 is 11.3 Å². The predicted octanol–water partition coefficient (Wildman–Crippen LogP) is 2.98. The first-order chi connectivity index (χ1) is 8.24. The van der Waals surface area contributed by atoms with Gasteiger partial charge in [0.25, 0.3) is 0 Å². The molecule has 4 heteroatoms. The standard InChI is InChI=1S/C13H14N2OS/c1-8-2-3-11-9(6-8)10(14)7-12(16-11)13-15-4-5-17-13/h2-6,10,12H,7,14H2,1H3/t10-,12?/m0/s1. The number of hydrogen-bond acceptors (Lipinski definition) is 4. The fourth-order valence-corrected chi connectivity index (χ4v) is 2.85. The molecule has 0 aliphatic carbocycles. The minimum Gasteiger partial charge on any atom is -0.483 e. The van der Waals surface area contributed by atoms with Crippen LogP contribution in [0.2, 0.25) is 0 Å². The second-order valence-electron chi connectivity index (χ2n) is 4.36. The van der Waals surface area contributed by atoms with Crippen LogP contribution >= 0.6 is 11.3 Å². The number of fused-ring (bicyclic) bond motifs is 1. The summed E-state index contributed by atoms with van der Waals surface area (Å²) in [5.41, 5.74) is 8.54. The number of hydrogen-bond donors (Lipinski definition) is 1. The maximum atomic E-state index is 6.21. The van der Waals surface area contributed by atoms with Gasteiger partial charge in [-0.05, 0) is 13.0 Å². The summed E-state index contributed by atoms with van der Waals surface area (Å²) in [7, 11) is 0. The van der Waals surface area contributed by atoms with Gasteiger partial charge in [0.1, 0.15) is 10.8 Å². The molecule has 0 spiro atoms. The summed E-state index contributed by atoms with van der Waals surface area (Å²) in [6, 6.07) is 6.20. The molecule has 17 heavy (non-hydrogen) atoms. The van der Waals surface area contributed by atoms with Crippen molar-refractivity contribution < 1.29 is 4.74 Å². The van der Waals surface area contributed by atoms with E-state index in [9.17, 15) is 0 Å². The van der Waals surface area contributed by atoms with Gasteiger partial charge in [-0.1, -0.05) is 17.7 Å². The van der Waals surface area contributed by atoms with E-state index >= 15 is 0 Å². The van der Waals surface area contributed by atoms with E-state index in [-0.39, 0.29) is 12.1 Å². The Bertz CT molecular complexity index is 524. The van der Waals surface area contributed by atoms with E-state index in [1.807, 2.05) is 11.4 Å². The van der Waals surface area contributed by atoms with E-state index in [0.717, 1.165) is 22.7 Å². The van der Waals surface area contributed by atoms with Crippen LogP contribution in [-0.4, -0.2) is 4.98 Å². The molecule has 1 aliphatic rings. The predicted molar refractivity (Wildman–Crippen MR) is 68.2 cm³/mol. The van der Waals surface area contributed by atoms with Gasteiger partial charge in [-0.25, -0.2) is 4.98 Å². The fourth-order valence-electron chi connectivity index (χ4n) is 2.17. The van der Waals surface area contributed by atoms with Crippen molar-refractivity contribution in [2.45, 2.75) is 25.5 Å². The molecule has 2 atom stereocenters. The Morgan fingerprint density at radius 1 is 1.47 bits per heavy atom. The van der Waals surface area contributed by atoms with Crippen molar-refractivity contribution in [2.24, 2.45) is 5.73 Å². The highest BCUT2D eigenvalue weighted by Crippen LogP contribution is 2.40. The number of ether oxygens (including phenoxy) is 1. The van der Waals surface area contributed by atoms with Gasteiger partial charge < -0.3 is 10.5 Å². The highest BCUT2D eigenvalue weighted by molar-refractivity contribution is 7.09.